The van der Waals surface area contributed by atoms with E-state index in [1.54, 1.807) is 23.6 Å². The lowest BCUT2D eigenvalue weighted by Crippen LogP contribution is -2.03. The summed E-state index contributed by atoms with van der Waals surface area (Å²) in [7, 11) is 0. The van der Waals surface area contributed by atoms with E-state index in [9.17, 15) is 4.79 Å². The fourth-order valence-corrected chi connectivity index (χ4v) is 4.80. The number of aromatic carboxylic acids is 1. The number of rotatable bonds is 6. The van der Waals surface area contributed by atoms with Crippen molar-refractivity contribution in [2.75, 3.05) is 5.43 Å². The highest BCUT2D eigenvalue weighted by molar-refractivity contribution is 7.81. The van der Waals surface area contributed by atoms with Gasteiger partial charge < -0.3 is 5.11 Å². The third-order valence-electron chi connectivity index (χ3n) is 4.13. The van der Waals surface area contributed by atoms with Crippen LogP contribution in [0.2, 0.25) is 0 Å². The molecule has 0 atom stereocenters. The molecule has 4 rings (SSSR count). The van der Waals surface area contributed by atoms with E-state index in [1.165, 1.54) is 11.3 Å². The number of carbonyl (C=O) groups is 1. The standard InChI is InChI=1S/C20H15N3O2S3/c24-19(25)18-8-7-16(27-18)13-11-12(5-6-15(13)26)9-10-21-23-20-22-14-3-1-2-4-17(14)28-20/h1-5,7-8,10-11H,6,9H2,(H,22,23)(H,24,25). The summed E-state index contributed by atoms with van der Waals surface area (Å²) in [6.45, 7) is 0. The van der Waals surface area contributed by atoms with Crippen molar-refractivity contribution in [1.82, 2.24) is 4.98 Å². The van der Waals surface area contributed by atoms with Crippen LogP contribution in [0.3, 0.4) is 0 Å². The van der Waals surface area contributed by atoms with Crippen molar-refractivity contribution in [3.63, 3.8) is 0 Å². The Morgan fingerprint density at radius 2 is 2.14 bits per heavy atom. The number of hydrogen-bond acceptors (Lipinski definition) is 7. The summed E-state index contributed by atoms with van der Waals surface area (Å²) in [5.74, 6) is -0.914. The first kappa shape index (κ1) is 18.7. The van der Waals surface area contributed by atoms with Crippen molar-refractivity contribution in [3.8, 4) is 0 Å². The van der Waals surface area contributed by atoms with Crippen LogP contribution < -0.4 is 5.43 Å². The summed E-state index contributed by atoms with van der Waals surface area (Å²) in [4.78, 5) is 17.6. The highest BCUT2D eigenvalue weighted by Crippen LogP contribution is 2.31. The summed E-state index contributed by atoms with van der Waals surface area (Å²) in [5, 5.41) is 14.1. The van der Waals surface area contributed by atoms with Gasteiger partial charge in [-0.3, -0.25) is 5.43 Å². The van der Waals surface area contributed by atoms with E-state index in [-0.39, 0.29) is 0 Å². The summed E-state index contributed by atoms with van der Waals surface area (Å²) >= 11 is 8.27. The number of para-hydroxylation sites is 1. The van der Waals surface area contributed by atoms with Crippen molar-refractivity contribution in [2.24, 2.45) is 5.10 Å². The zero-order valence-corrected chi connectivity index (χ0v) is 17.0. The number of nitrogens with zero attached hydrogens (tertiary/aromatic N) is 2. The number of thiocarbonyl (C=S) groups is 1. The molecule has 0 saturated heterocycles. The Bertz CT molecular complexity index is 1120. The number of aromatic nitrogens is 1. The normalized spacial score (nSPS) is 14.4. The lowest BCUT2D eigenvalue weighted by Gasteiger charge is -2.13. The number of benzene rings is 1. The Hall–Kier alpha value is -2.68. The SMILES string of the molecule is O=C(O)c1ccc(C2=CC(CC=NNc3nc4ccccc4s3)=CCC2=S)s1. The Morgan fingerprint density at radius 3 is 2.93 bits per heavy atom. The third kappa shape index (κ3) is 4.09. The molecule has 0 unspecified atom stereocenters. The average molecular weight is 426 g/mol. The molecule has 0 saturated carbocycles. The van der Waals surface area contributed by atoms with Crippen LogP contribution >= 0.6 is 34.9 Å². The second kappa shape index (κ2) is 8.14. The first-order chi connectivity index (χ1) is 13.6. The van der Waals surface area contributed by atoms with Gasteiger partial charge in [-0.2, -0.15) is 5.10 Å². The molecule has 0 spiro atoms. The van der Waals surface area contributed by atoms with E-state index in [2.05, 4.69) is 21.6 Å². The number of fused-ring (bicyclic) bond motifs is 1. The Kier molecular flexibility index (Phi) is 5.43. The molecule has 0 bridgehead atoms. The summed E-state index contributed by atoms with van der Waals surface area (Å²) in [5.41, 5.74) is 5.97. The van der Waals surface area contributed by atoms with Gasteiger partial charge in [-0.05, 0) is 35.9 Å². The predicted octanol–water partition coefficient (Wildman–Crippen LogP) is 5.63. The van der Waals surface area contributed by atoms with Crippen LogP contribution in [0, 0.1) is 0 Å². The van der Waals surface area contributed by atoms with Crippen molar-refractivity contribution in [1.29, 1.82) is 0 Å². The van der Waals surface area contributed by atoms with Crippen molar-refractivity contribution < 1.29 is 9.90 Å². The van der Waals surface area contributed by atoms with E-state index in [4.69, 9.17) is 17.3 Å². The van der Waals surface area contributed by atoms with E-state index in [0.717, 1.165) is 36.2 Å². The number of hydrazone groups is 1. The molecule has 2 heterocycles. The minimum absolute atomic E-state index is 0.316. The van der Waals surface area contributed by atoms with Crippen LogP contribution in [-0.2, 0) is 0 Å². The molecule has 1 aliphatic rings. The first-order valence-electron chi connectivity index (χ1n) is 8.51. The second-order valence-corrected chi connectivity index (χ2v) is 8.65. The highest BCUT2D eigenvalue weighted by atomic mass is 32.1. The molecule has 2 N–H and O–H groups in total. The van der Waals surface area contributed by atoms with Crippen molar-refractivity contribution in [2.45, 2.75) is 12.8 Å². The van der Waals surface area contributed by atoms with Crippen molar-refractivity contribution in [3.05, 3.63) is 63.9 Å². The van der Waals surface area contributed by atoms with Crippen LogP contribution in [0.1, 0.15) is 27.4 Å². The van der Waals surface area contributed by atoms with Crippen LogP contribution in [-0.4, -0.2) is 27.1 Å². The summed E-state index contributed by atoms with van der Waals surface area (Å²) < 4.78 is 1.12. The highest BCUT2D eigenvalue weighted by Gasteiger charge is 2.16. The molecular formula is C20H15N3O2S3. The van der Waals surface area contributed by atoms with Crippen LogP contribution in [0.25, 0.3) is 15.8 Å². The minimum Gasteiger partial charge on any atom is -0.477 e. The van der Waals surface area contributed by atoms with Crippen molar-refractivity contribution >= 4 is 72.9 Å². The topological polar surface area (TPSA) is 74.6 Å². The van der Waals surface area contributed by atoms with E-state index < -0.39 is 5.97 Å². The van der Waals surface area contributed by atoms with Gasteiger partial charge in [-0.1, -0.05) is 41.8 Å². The van der Waals surface area contributed by atoms with E-state index in [1.807, 2.05) is 36.4 Å². The van der Waals surface area contributed by atoms with Crippen LogP contribution in [0.15, 0.2) is 59.2 Å². The minimum atomic E-state index is -0.914. The second-order valence-electron chi connectivity index (χ2n) is 6.05. The molecule has 140 valence electrons. The number of hydrogen-bond donors (Lipinski definition) is 2. The molecule has 0 fully saturated rings. The van der Waals surface area contributed by atoms with Gasteiger partial charge in [0, 0.05) is 34.4 Å². The number of anilines is 1. The smallest absolute Gasteiger partial charge is 0.345 e. The van der Waals surface area contributed by atoms with Gasteiger partial charge in [-0.25, -0.2) is 9.78 Å². The molecule has 2 aromatic heterocycles. The van der Waals surface area contributed by atoms with Gasteiger partial charge in [-0.15, -0.1) is 11.3 Å². The van der Waals surface area contributed by atoms with Gasteiger partial charge in [0.1, 0.15) is 4.88 Å². The summed E-state index contributed by atoms with van der Waals surface area (Å²) in [6, 6.07) is 11.4. The Balaban J connectivity index is 1.42. The number of allylic oxidation sites excluding steroid dienone is 4. The fraction of sp³-hybridized carbons (Fsp3) is 0.100. The molecule has 28 heavy (non-hydrogen) atoms. The van der Waals surface area contributed by atoms with Gasteiger partial charge in [0.25, 0.3) is 0 Å². The number of carboxylic acids is 1. The number of thiophene rings is 1. The van der Waals surface area contributed by atoms with Gasteiger partial charge in [0.05, 0.1) is 10.2 Å². The number of carboxylic acid groups (broad SMARTS) is 1. The summed E-state index contributed by atoms with van der Waals surface area (Å²) in [6.07, 6.45) is 7.24. The van der Waals surface area contributed by atoms with E-state index >= 15 is 0 Å². The van der Waals surface area contributed by atoms with Crippen LogP contribution in [0.5, 0.6) is 0 Å². The monoisotopic (exact) mass is 425 g/mol. The molecule has 0 amide bonds. The average Bonchev–Trinajstić information content (AvgIpc) is 3.33. The number of nitrogens with one attached hydrogen (secondary N) is 1. The molecule has 0 aliphatic heterocycles. The quantitative estimate of drug-likeness (QED) is 0.304. The van der Waals surface area contributed by atoms with Crippen LogP contribution in [0.4, 0.5) is 5.13 Å². The molecule has 0 radical (unpaired) electrons. The fourth-order valence-electron chi connectivity index (χ4n) is 2.78. The number of thiazole rings is 1. The molecule has 3 aromatic rings. The van der Waals surface area contributed by atoms with Gasteiger partial charge >= 0.3 is 5.97 Å². The molecule has 5 nitrogen and oxygen atoms in total. The molecular weight excluding hydrogens is 410 g/mol. The van der Waals surface area contributed by atoms with Gasteiger partial charge in [0.15, 0.2) is 0 Å². The molecule has 8 heteroatoms. The maximum atomic E-state index is 11.1. The third-order valence-corrected chi connectivity index (χ3v) is 6.57. The maximum absolute atomic E-state index is 11.1. The zero-order chi connectivity index (χ0) is 19.5. The first-order valence-corrected chi connectivity index (χ1v) is 10.5. The zero-order valence-electron chi connectivity index (χ0n) is 14.6. The molecule has 1 aromatic carbocycles. The predicted molar refractivity (Wildman–Crippen MR) is 121 cm³/mol. The maximum Gasteiger partial charge on any atom is 0.345 e. The lowest BCUT2D eigenvalue weighted by molar-refractivity contribution is 0.0702. The Labute approximate surface area is 174 Å². The van der Waals surface area contributed by atoms with Gasteiger partial charge in [0.2, 0.25) is 5.13 Å². The lowest BCUT2D eigenvalue weighted by atomic mass is 9.96. The van der Waals surface area contributed by atoms with E-state index in [0.29, 0.717) is 17.7 Å². The molecule has 1 aliphatic carbocycles. The largest absolute Gasteiger partial charge is 0.477 e. The Morgan fingerprint density at radius 1 is 1.29 bits per heavy atom.